The number of nitrogens with one attached hydrogen (secondary N) is 2. The Kier molecular flexibility index (Phi) is 9.68. The predicted octanol–water partition coefficient (Wildman–Crippen LogP) is 3.97. The second-order valence-corrected chi connectivity index (χ2v) is 11.3. The number of carbonyl (C=O) groups excluding carboxylic acids is 3. The van der Waals surface area contributed by atoms with E-state index >= 15 is 4.39 Å². The molecular formula is C30H30Cl2FN7O4. The Morgan fingerprint density at radius 3 is 2.50 bits per heavy atom. The highest BCUT2D eigenvalue weighted by atomic mass is 35.5. The number of hydrogen-bond donors (Lipinski definition) is 2. The molecule has 5 rings (SSSR count). The minimum Gasteiger partial charge on any atom is -0.477 e. The van der Waals surface area contributed by atoms with Crippen LogP contribution in [0.5, 0.6) is 5.75 Å². The van der Waals surface area contributed by atoms with Crippen molar-refractivity contribution in [3.8, 4) is 23.1 Å². The molecule has 230 valence electrons. The van der Waals surface area contributed by atoms with Gasteiger partial charge in [-0.25, -0.2) is 9.37 Å². The van der Waals surface area contributed by atoms with Crippen LogP contribution in [0.3, 0.4) is 0 Å². The number of anilines is 1. The van der Waals surface area contributed by atoms with Gasteiger partial charge in [-0.15, -0.1) is 0 Å². The summed E-state index contributed by atoms with van der Waals surface area (Å²) in [6.07, 6.45) is 3.01. The Bertz CT molecular complexity index is 1630. The second-order valence-electron chi connectivity index (χ2n) is 10.5. The molecule has 3 aromatic rings. The van der Waals surface area contributed by atoms with Crippen LogP contribution in [0, 0.1) is 23.1 Å². The summed E-state index contributed by atoms with van der Waals surface area (Å²) < 4.78 is 21.6. The van der Waals surface area contributed by atoms with Crippen LogP contribution in [0.4, 0.5) is 10.1 Å². The third-order valence-electron chi connectivity index (χ3n) is 7.83. The molecule has 2 saturated heterocycles. The zero-order valence-corrected chi connectivity index (χ0v) is 25.4. The van der Waals surface area contributed by atoms with E-state index in [1.807, 2.05) is 4.90 Å². The average molecular weight is 643 g/mol. The van der Waals surface area contributed by atoms with Gasteiger partial charge in [-0.2, -0.15) is 5.26 Å². The van der Waals surface area contributed by atoms with Crippen LogP contribution in [0.15, 0.2) is 36.5 Å². The molecule has 2 N–H and O–H groups in total. The maximum atomic E-state index is 15.0. The van der Waals surface area contributed by atoms with Crippen molar-refractivity contribution in [2.45, 2.75) is 12.8 Å². The zero-order valence-electron chi connectivity index (χ0n) is 23.9. The summed E-state index contributed by atoms with van der Waals surface area (Å²) in [5, 5.41) is 14.5. The Morgan fingerprint density at radius 1 is 1.11 bits per heavy atom. The van der Waals surface area contributed by atoms with E-state index in [1.165, 1.54) is 29.0 Å². The molecule has 2 fully saturated rings. The SMILES string of the molecule is Cn1c(-c2ccc(OCC#N)c(Cl)c2F)cnc1C(=O)Nc1ccc(C(=O)N2CCN(C(=O)C3CCNCC3)CC2)c(Cl)c1. The number of aromatic nitrogens is 2. The Morgan fingerprint density at radius 2 is 1.82 bits per heavy atom. The van der Waals surface area contributed by atoms with Crippen LogP contribution in [-0.4, -0.2) is 82.9 Å². The Hall–Kier alpha value is -4.18. The summed E-state index contributed by atoms with van der Waals surface area (Å²) in [4.78, 5) is 46.8. The van der Waals surface area contributed by atoms with Crippen molar-refractivity contribution >= 4 is 46.6 Å². The number of benzene rings is 2. The normalized spacial score (nSPS) is 15.5. The number of piperidine rings is 1. The number of piperazine rings is 1. The van der Waals surface area contributed by atoms with Crippen LogP contribution < -0.4 is 15.4 Å². The Balaban J connectivity index is 1.22. The fraction of sp³-hybridized carbons (Fsp3) is 0.367. The van der Waals surface area contributed by atoms with E-state index in [4.69, 9.17) is 33.2 Å². The van der Waals surface area contributed by atoms with E-state index in [2.05, 4.69) is 15.6 Å². The molecule has 2 aliphatic rings. The smallest absolute Gasteiger partial charge is 0.291 e. The summed E-state index contributed by atoms with van der Waals surface area (Å²) in [5.74, 6) is -1.39. The highest BCUT2D eigenvalue weighted by Gasteiger charge is 2.30. The largest absolute Gasteiger partial charge is 0.477 e. The number of nitrogens with zero attached hydrogens (tertiary/aromatic N) is 5. The standard InChI is InChI=1S/C30H30Cl2FN7O4/c1-38-23(21-4-5-24(44-15-8-34)25(32)26(21)33)17-36-27(38)28(41)37-19-2-3-20(22(31)16-19)30(43)40-13-11-39(12-14-40)29(42)18-6-9-35-10-7-18/h2-5,16-18,35H,6-7,9-15H2,1H3,(H,37,41). The topological polar surface area (TPSA) is 133 Å². The molecule has 11 nitrogen and oxygen atoms in total. The number of imidazole rings is 1. The summed E-state index contributed by atoms with van der Waals surface area (Å²) in [6.45, 7) is 3.17. The summed E-state index contributed by atoms with van der Waals surface area (Å²) >= 11 is 12.6. The summed E-state index contributed by atoms with van der Waals surface area (Å²) in [6, 6.07) is 9.24. The number of nitriles is 1. The lowest BCUT2D eigenvalue weighted by atomic mass is 9.96. The third kappa shape index (κ3) is 6.50. The number of halogens is 3. The predicted molar refractivity (Wildman–Crippen MR) is 162 cm³/mol. The van der Waals surface area contributed by atoms with Crippen molar-refractivity contribution in [2.75, 3.05) is 51.2 Å². The fourth-order valence-electron chi connectivity index (χ4n) is 5.40. The molecule has 14 heteroatoms. The van der Waals surface area contributed by atoms with Gasteiger partial charge in [0.15, 0.2) is 18.2 Å². The van der Waals surface area contributed by atoms with Gasteiger partial charge in [0.2, 0.25) is 5.91 Å². The van der Waals surface area contributed by atoms with E-state index in [0.717, 1.165) is 25.9 Å². The van der Waals surface area contributed by atoms with Crippen molar-refractivity contribution in [1.82, 2.24) is 24.7 Å². The first-order valence-corrected chi connectivity index (χ1v) is 14.8. The highest BCUT2D eigenvalue weighted by molar-refractivity contribution is 6.34. The van der Waals surface area contributed by atoms with Gasteiger partial charge in [-0.3, -0.25) is 14.4 Å². The minimum atomic E-state index is -0.779. The number of hydrogen-bond acceptors (Lipinski definition) is 7. The van der Waals surface area contributed by atoms with Gasteiger partial charge >= 0.3 is 0 Å². The second kappa shape index (κ2) is 13.6. The van der Waals surface area contributed by atoms with Gasteiger partial charge in [0.25, 0.3) is 11.8 Å². The molecule has 3 amide bonds. The van der Waals surface area contributed by atoms with Crippen molar-refractivity contribution in [3.05, 3.63) is 63.8 Å². The molecule has 3 heterocycles. The first kappa shape index (κ1) is 31.3. The zero-order chi connectivity index (χ0) is 31.4. The lowest BCUT2D eigenvalue weighted by molar-refractivity contribution is -0.137. The maximum Gasteiger partial charge on any atom is 0.291 e. The first-order chi connectivity index (χ1) is 21.2. The summed E-state index contributed by atoms with van der Waals surface area (Å²) in [7, 11) is 1.55. The van der Waals surface area contributed by atoms with Gasteiger partial charge in [0.05, 0.1) is 22.5 Å². The Labute approximate surface area is 263 Å². The lowest BCUT2D eigenvalue weighted by Gasteiger charge is -2.37. The molecular weight excluding hydrogens is 612 g/mol. The fourth-order valence-corrected chi connectivity index (χ4v) is 5.88. The van der Waals surface area contributed by atoms with Gasteiger partial charge < -0.3 is 29.7 Å². The van der Waals surface area contributed by atoms with Crippen molar-refractivity contribution < 1.29 is 23.5 Å². The van der Waals surface area contributed by atoms with E-state index < -0.39 is 11.7 Å². The molecule has 0 saturated carbocycles. The molecule has 2 aromatic carbocycles. The molecule has 1 aromatic heterocycles. The molecule has 0 bridgehead atoms. The molecule has 44 heavy (non-hydrogen) atoms. The third-order valence-corrected chi connectivity index (χ3v) is 8.50. The van der Waals surface area contributed by atoms with Gasteiger partial charge in [-0.1, -0.05) is 23.2 Å². The lowest BCUT2D eigenvalue weighted by Crippen LogP contribution is -2.52. The van der Waals surface area contributed by atoms with E-state index in [9.17, 15) is 14.4 Å². The molecule has 0 radical (unpaired) electrons. The minimum absolute atomic E-state index is 0.00601. The van der Waals surface area contributed by atoms with Crippen molar-refractivity contribution in [1.29, 1.82) is 5.26 Å². The van der Waals surface area contributed by atoms with Crippen molar-refractivity contribution in [3.63, 3.8) is 0 Å². The van der Waals surface area contributed by atoms with Gasteiger partial charge in [0, 0.05) is 50.4 Å². The number of rotatable bonds is 7. The number of amides is 3. The van der Waals surface area contributed by atoms with Crippen LogP contribution >= 0.6 is 23.2 Å². The maximum absolute atomic E-state index is 15.0. The summed E-state index contributed by atoms with van der Waals surface area (Å²) in [5.41, 5.74) is 1.01. The highest BCUT2D eigenvalue weighted by Crippen LogP contribution is 2.35. The van der Waals surface area contributed by atoms with Gasteiger partial charge in [-0.05, 0) is 56.3 Å². The quantitative estimate of drug-likeness (QED) is 0.399. The number of ether oxygens (including phenoxy) is 1. The van der Waals surface area contributed by atoms with E-state index in [1.54, 1.807) is 30.1 Å². The van der Waals surface area contributed by atoms with Crippen LogP contribution in [0.25, 0.3) is 11.3 Å². The van der Waals surface area contributed by atoms with Crippen molar-refractivity contribution in [2.24, 2.45) is 13.0 Å². The molecule has 0 aliphatic carbocycles. The number of carbonyl (C=O) groups is 3. The molecule has 0 atom stereocenters. The average Bonchev–Trinajstić information content (AvgIpc) is 3.42. The van der Waals surface area contributed by atoms with Crippen LogP contribution in [0.2, 0.25) is 10.0 Å². The molecule has 0 unspecified atom stereocenters. The van der Waals surface area contributed by atoms with Gasteiger partial charge in [0.1, 0.15) is 16.8 Å². The first-order valence-electron chi connectivity index (χ1n) is 14.1. The van der Waals surface area contributed by atoms with E-state index in [0.29, 0.717) is 31.9 Å². The van der Waals surface area contributed by atoms with E-state index in [-0.39, 0.29) is 62.8 Å². The molecule has 2 aliphatic heterocycles. The monoisotopic (exact) mass is 641 g/mol. The van der Waals surface area contributed by atoms with Crippen LogP contribution in [0.1, 0.15) is 33.8 Å². The van der Waals surface area contributed by atoms with Crippen LogP contribution in [-0.2, 0) is 11.8 Å². The molecule has 0 spiro atoms.